The van der Waals surface area contributed by atoms with Gasteiger partial charge in [0.1, 0.15) is 5.60 Å². The number of rotatable bonds is 0. The molecule has 7 fully saturated rings. The van der Waals surface area contributed by atoms with Crippen LogP contribution in [0.5, 0.6) is 0 Å². The molecular formula is C27H43NO3. The van der Waals surface area contributed by atoms with Crippen LogP contribution >= 0.6 is 0 Å². The molecule has 31 heavy (non-hydrogen) atoms. The maximum absolute atomic E-state index is 14.4. The Morgan fingerprint density at radius 1 is 0.968 bits per heavy atom. The Labute approximate surface area is 188 Å². The van der Waals surface area contributed by atoms with Crippen molar-refractivity contribution in [3.05, 3.63) is 5.21 Å². The second-order valence-corrected chi connectivity index (χ2v) is 13.9. The highest BCUT2D eigenvalue weighted by atomic mass is 16.6. The van der Waals surface area contributed by atoms with Gasteiger partial charge < -0.3 is 19.7 Å². The van der Waals surface area contributed by atoms with Crippen molar-refractivity contribution in [2.45, 2.75) is 115 Å². The fourth-order valence-electron chi connectivity index (χ4n) is 11.8. The molecule has 0 amide bonds. The molecule has 1 N–H and O–H groups in total. The number of aliphatic hydroxyl groups excluding tert-OH is 1. The van der Waals surface area contributed by atoms with Crippen molar-refractivity contribution in [2.24, 2.45) is 46.3 Å². The smallest absolute Gasteiger partial charge is 0.103 e. The monoisotopic (exact) mass is 429 g/mol. The van der Waals surface area contributed by atoms with Crippen LogP contribution in [-0.4, -0.2) is 46.2 Å². The number of hydroxylamine groups is 3. The Bertz CT molecular complexity index is 803. The molecule has 3 aliphatic heterocycles. The number of ether oxygens (including phenoxy) is 1. The van der Waals surface area contributed by atoms with E-state index in [0.29, 0.717) is 47.3 Å². The summed E-state index contributed by atoms with van der Waals surface area (Å²) in [5, 5.41) is 24.9. The van der Waals surface area contributed by atoms with E-state index >= 15 is 0 Å². The average molecular weight is 430 g/mol. The van der Waals surface area contributed by atoms with Crippen molar-refractivity contribution in [1.82, 2.24) is 0 Å². The number of epoxide rings is 1. The molecule has 14 atom stereocenters. The zero-order valence-electron chi connectivity index (χ0n) is 20.1. The van der Waals surface area contributed by atoms with Crippen LogP contribution in [0.25, 0.3) is 0 Å². The lowest BCUT2D eigenvalue weighted by atomic mass is 9.44. The molecule has 0 aromatic carbocycles. The maximum atomic E-state index is 14.4. The third kappa shape index (κ3) is 2.19. The van der Waals surface area contributed by atoms with Gasteiger partial charge in [-0.25, -0.2) is 0 Å². The van der Waals surface area contributed by atoms with Gasteiger partial charge in [-0.1, -0.05) is 27.7 Å². The lowest BCUT2D eigenvalue weighted by Gasteiger charge is -2.59. The van der Waals surface area contributed by atoms with Crippen molar-refractivity contribution < 1.29 is 14.5 Å². The molecule has 0 unspecified atom stereocenters. The summed E-state index contributed by atoms with van der Waals surface area (Å²) >= 11 is 0. The summed E-state index contributed by atoms with van der Waals surface area (Å²) in [6.07, 6.45) is 10.5. The summed E-state index contributed by atoms with van der Waals surface area (Å²) in [7, 11) is 0. The second-order valence-electron chi connectivity index (χ2n) is 13.9. The van der Waals surface area contributed by atoms with Gasteiger partial charge >= 0.3 is 0 Å². The minimum absolute atomic E-state index is 0.0267. The zero-order chi connectivity index (χ0) is 21.6. The Morgan fingerprint density at radius 2 is 1.77 bits per heavy atom. The molecule has 4 heteroatoms. The average Bonchev–Trinajstić information content (AvgIpc) is 3.22. The molecule has 4 saturated carbocycles. The molecule has 174 valence electrons. The van der Waals surface area contributed by atoms with Gasteiger partial charge in [-0.2, -0.15) is 0 Å². The molecular weight excluding hydrogens is 386 g/mol. The normalized spacial score (nSPS) is 68.7. The van der Waals surface area contributed by atoms with Gasteiger partial charge in [0.15, 0.2) is 0 Å². The number of nitrogens with zero attached hydrogens (tertiary/aromatic N) is 1. The van der Waals surface area contributed by atoms with Crippen molar-refractivity contribution >= 4 is 0 Å². The molecule has 0 radical (unpaired) electrons. The van der Waals surface area contributed by atoms with Gasteiger partial charge in [0.05, 0.1) is 30.8 Å². The number of aliphatic hydroxyl groups is 1. The largest absolute Gasteiger partial charge is 0.632 e. The Balaban J connectivity index is 1.24. The Morgan fingerprint density at radius 3 is 2.58 bits per heavy atom. The first-order valence-corrected chi connectivity index (χ1v) is 13.6. The molecule has 3 heterocycles. The summed E-state index contributed by atoms with van der Waals surface area (Å²) in [6.45, 7) is 10.8. The SMILES string of the molecule is C[C@@H]1CC[C@@H]2[C@H](C)[C@@H]3[C@H](C[C@@H]4[C@@H]5C[C@@H]6O[C@]67C[C@H](O)CC[C@]7(C)[C@H]5CC[C@]34C)[N@+]2([O-])C1. The summed E-state index contributed by atoms with van der Waals surface area (Å²) in [4.78, 5) is 0. The van der Waals surface area contributed by atoms with E-state index in [9.17, 15) is 10.3 Å². The minimum Gasteiger partial charge on any atom is -0.632 e. The van der Waals surface area contributed by atoms with Crippen LogP contribution in [0.4, 0.5) is 0 Å². The van der Waals surface area contributed by atoms with Gasteiger partial charge in [-0.3, -0.25) is 0 Å². The molecule has 0 aromatic heterocycles. The van der Waals surface area contributed by atoms with Crippen LogP contribution in [0.15, 0.2) is 0 Å². The second kappa shape index (κ2) is 5.90. The molecule has 7 rings (SSSR count). The van der Waals surface area contributed by atoms with Crippen LogP contribution in [0, 0.1) is 51.5 Å². The number of quaternary nitrogens is 1. The van der Waals surface area contributed by atoms with Gasteiger partial charge in [0.25, 0.3) is 0 Å². The maximum Gasteiger partial charge on any atom is 0.103 e. The quantitative estimate of drug-likeness (QED) is 0.339. The predicted molar refractivity (Wildman–Crippen MR) is 120 cm³/mol. The first kappa shape index (κ1) is 20.2. The topological polar surface area (TPSA) is 55.8 Å². The summed E-state index contributed by atoms with van der Waals surface area (Å²) in [5.41, 5.74) is 0.554. The first-order valence-electron chi connectivity index (χ1n) is 13.6. The highest BCUT2D eigenvalue weighted by molar-refractivity contribution is 5.25. The lowest BCUT2D eigenvalue weighted by Crippen LogP contribution is -2.59. The van der Waals surface area contributed by atoms with Crippen LogP contribution in [0.2, 0.25) is 0 Å². The zero-order valence-corrected chi connectivity index (χ0v) is 20.1. The Hall–Kier alpha value is -0.160. The van der Waals surface area contributed by atoms with E-state index in [1.165, 1.54) is 32.1 Å². The Kier molecular flexibility index (Phi) is 3.85. The standard InChI is InChI=1S/C27H43NO3/c1-15-5-6-21-16(2)24-22(28(21,30)14-15)12-20-18-11-23-27(31-23)13-17(29)7-10-26(27,4)19(18)8-9-25(20,24)3/h15-24,29H,5-14H2,1-4H3/t15-,16+,17-,18-,19+,20-,21-,22+,23+,24-,25+,26-,27-,28+/m1/s1. The van der Waals surface area contributed by atoms with Gasteiger partial charge in [-0.05, 0) is 61.7 Å². The number of piperidine rings is 1. The van der Waals surface area contributed by atoms with Crippen LogP contribution in [0.1, 0.15) is 85.5 Å². The fourth-order valence-corrected chi connectivity index (χ4v) is 11.8. The molecule has 7 aliphatic rings. The number of hydrogen-bond acceptors (Lipinski definition) is 3. The number of hydrogen-bond donors (Lipinski definition) is 1. The molecule has 0 aromatic rings. The lowest BCUT2D eigenvalue weighted by molar-refractivity contribution is -0.926. The van der Waals surface area contributed by atoms with Crippen molar-refractivity contribution in [3.63, 3.8) is 0 Å². The van der Waals surface area contributed by atoms with Gasteiger partial charge in [-0.15, -0.1) is 0 Å². The van der Waals surface area contributed by atoms with E-state index in [4.69, 9.17) is 4.74 Å². The molecule has 0 bridgehead atoms. The summed E-state index contributed by atoms with van der Waals surface area (Å²) in [5.74, 6) is 3.95. The van der Waals surface area contributed by atoms with Crippen molar-refractivity contribution in [3.8, 4) is 0 Å². The van der Waals surface area contributed by atoms with E-state index in [1.54, 1.807) is 0 Å². The minimum atomic E-state index is -0.169. The summed E-state index contributed by atoms with van der Waals surface area (Å²) < 4.78 is 6.68. The third-order valence-electron chi connectivity index (χ3n) is 13.0. The van der Waals surface area contributed by atoms with E-state index in [0.717, 1.165) is 44.1 Å². The first-order chi connectivity index (χ1) is 14.6. The van der Waals surface area contributed by atoms with Gasteiger partial charge in [0, 0.05) is 42.4 Å². The molecule has 1 spiro atoms. The predicted octanol–water partition coefficient (Wildman–Crippen LogP) is 4.88. The summed E-state index contributed by atoms with van der Waals surface area (Å²) in [6, 6.07) is 0.717. The van der Waals surface area contributed by atoms with Crippen LogP contribution in [-0.2, 0) is 4.74 Å². The third-order valence-corrected chi connectivity index (χ3v) is 13.0. The number of fused-ring (bicyclic) bond motifs is 8. The fraction of sp³-hybridized carbons (Fsp3) is 1.00. The van der Waals surface area contributed by atoms with Crippen molar-refractivity contribution in [1.29, 1.82) is 0 Å². The van der Waals surface area contributed by atoms with Crippen LogP contribution in [0.3, 0.4) is 0 Å². The van der Waals surface area contributed by atoms with E-state index < -0.39 is 0 Å². The molecule has 4 aliphatic carbocycles. The van der Waals surface area contributed by atoms with Gasteiger partial charge in [0.2, 0.25) is 0 Å². The van der Waals surface area contributed by atoms with E-state index in [-0.39, 0.29) is 21.8 Å². The highest BCUT2D eigenvalue weighted by Crippen LogP contribution is 2.75. The highest BCUT2D eigenvalue weighted by Gasteiger charge is 2.78. The van der Waals surface area contributed by atoms with Crippen molar-refractivity contribution in [2.75, 3.05) is 6.54 Å². The molecule has 3 saturated heterocycles. The van der Waals surface area contributed by atoms with E-state index in [2.05, 4.69) is 27.7 Å². The van der Waals surface area contributed by atoms with E-state index in [1.807, 2.05) is 0 Å². The van der Waals surface area contributed by atoms with Crippen LogP contribution < -0.4 is 0 Å². The molecule has 4 nitrogen and oxygen atoms in total.